The fraction of sp³-hybridized carbons (Fsp3) is 0.500. The monoisotopic (exact) mass is 285 g/mol. The highest BCUT2D eigenvalue weighted by atomic mass is 35.5. The molecule has 1 aromatic carbocycles. The predicted octanol–water partition coefficient (Wildman–Crippen LogP) is 3.79. The van der Waals surface area contributed by atoms with Gasteiger partial charge in [-0.3, -0.25) is 4.79 Å². The van der Waals surface area contributed by atoms with Crippen LogP contribution in [-0.2, 0) is 0 Å². The molecule has 1 saturated carbocycles. The maximum absolute atomic E-state index is 12.1. The fourth-order valence-corrected chi connectivity index (χ4v) is 2.94. The second kappa shape index (κ2) is 5.94. The number of hydrogen-bond donors (Lipinski definition) is 1. The quantitative estimate of drug-likeness (QED) is 0.842. The Balaban J connectivity index is 2.05. The molecule has 1 aliphatic carbocycles. The van der Waals surface area contributed by atoms with Crippen molar-refractivity contribution < 1.29 is 4.79 Å². The van der Waals surface area contributed by atoms with Crippen molar-refractivity contribution in [2.45, 2.75) is 32.2 Å². The van der Waals surface area contributed by atoms with Gasteiger partial charge in [0.25, 0.3) is 5.91 Å². The molecule has 18 heavy (non-hydrogen) atoms. The number of benzene rings is 1. The molecule has 2 rings (SSSR count). The van der Waals surface area contributed by atoms with Crippen molar-refractivity contribution in [3.63, 3.8) is 0 Å². The molecule has 0 spiro atoms. The van der Waals surface area contributed by atoms with Gasteiger partial charge in [0.15, 0.2) is 0 Å². The second-order valence-corrected chi connectivity index (χ2v) is 5.61. The van der Waals surface area contributed by atoms with Crippen molar-refractivity contribution in [3.8, 4) is 0 Å². The predicted molar refractivity (Wildman–Crippen MR) is 75.5 cm³/mol. The maximum Gasteiger partial charge on any atom is 0.251 e. The third-order valence-corrected chi connectivity index (χ3v) is 4.41. The Bertz CT molecular complexity index is 447. The number of carbonyl (C=O) groups is 1. The van der Waals surface area contributed by atoms with E-state index in [4.69, 9.17) is 23.2 Å². The van der Waals surface area contributed by atoms with Crippen molar-refractivity contribution in [1.29, 1.82) is 0 Å². The van der Waals surface area contributed by atoms with E-state index in [-0.39, 0.29) is 11.9 Å². The molecule has 1 amide bonds. The third kappa shape index (κ3) is 2.99. The summed E-state index contributed by atoms with van der Waals surface area (Å²) in [6.45, 7) is 1.90. The number of amides is 1. The fourth-order valence-electron chi connectivity index (χ4n) is 2.45. The first-order chi connectivity index (χ1) is 8.61. The van der Waals surface area contributed by atoms with E-state index >= 15 is 0 Å². The Morgan fingerprint density at radius 1 is 1.44 bits per heavy atom. The summed E-state index contributed by atoms with van der Waals surface area (Å²) in [5.41, 5.74) is 1.58. The number of nitrogens with one attached hydrogen (secondary N) is 1. The Morgan fingerprint density at radius 2 is 2.22 bits per heavy atom. The van der Waals surface area contributed by atoms with Crippen LogP contribution in [0.4, 0.5) is 0 Å². The van der Waals surface area contributed by atoms with Crippen LogP contribution in [0, 0.1) is 12.8 Å². The van der Waals surface area contributed by atoms with Gasteiger partial charge in [0, 0.05) is 22.5 Å². The van der Waals surface area contributed by atoms with Crippen molar-refractivity contribution in [2.24, 2.45) is 5.92 Å². The van der Waals surface area contributed by atoms with Crippen LogP contribution in [0.15, 0.2) is 18.2 Å². The van der Waals surface area contributed by atoms with Crippen molar-refractivity contribution in [1.82, 2.24) is 5.32 Å². The molecule has 1 aliphatic rings. The van der Waals surface area contributed by atoms with Gasteiger partial charge in [-0.05, 0) is 49.4 Å². The van der Waals surface area contributed by atoms with Crippen LogP contribution in [0.3, 0.4) is 0 Å². The van der Waals surface area contributed by atoms with Crippen molar-refractivity contribution in [2.75, 3.05) is 5.88 Å². The molecule has 1 N–H and O–H groups in total. The molecule has 98 valence electrons. The van der Waals surface area contributed by atoms with E-state index in [0.717, 1.165) is 24.8 Å². The van der Waals surface area contributed by atoms with Gasteiger partial charge < -0.3 is 5.32 Å². The number of aryl methyl sites for hydroxylation is 1. The minimum atomic E-state index is -0.0308. The third-order valence-electron chi connectivity index (χ3n) is 3.59. The normalized spacial score (nSPS) is 23.1. The SMILES string of the molecule is Cc1cc(C(=O)NC2CCCC2CCl)ccc1Cl. The van der Waals surface area contributed by atoms with E-state index in [2.05, 4.69) is 5.32 Å². The average molecular weight is 286 g/mol. The zero-order valence-corrected chi connectivity index (χ0v) is 11.9. The zero-order chi connectivity index (χ0) is 13.1. The van der Waals surface area contributed by atoms with Crippen LogP contribution in [-0.4, -0.2) is 17.8 Å². The Kier molecular flexibility index (Phi) is 4.52. The van der Waals surface area contributed by atoms with Crippen LogP contribution in [0.1, 0.15) is 35.2 Å². The average Bonchev–Trinajstić information content (AvgIpc) is 2.79. The van der Waals surface area contributed by atoms with Gasteiger partial charge in [-0.25, -0.2) is 0 Å². The molecular weight excluding hydrogens is 269 g/mol. The highest BCUT2D eigenvalue weighted by Crippen LogP contribution is 2.27. The first kappa shape index (κ1) is 13.7. The molecule has 1 aromatic rings. The Labute approximate surface area is 118 Å². The summed E-state index contributed by atoms with van der Waals surface area (Å²) in [6.07, 6.45) is 3.27. The summed E-state index contributed by atoms with van der Waals surface area (Å²) in [5, 5.41) is 3.76. The minimum Gasteiger partial charge on any atom is -0.349 e. The lowest BCUT2D eigenvalue weighted by atomic mass is 10.1. The molecule has 4 heteroatoms. The van der Waals surface area contributed by atoms with Crippen LogP contribution >= 0.6 is 23.2 Å². The van der Waals surface area contributed by atoms with Crippen LogP contribution < -0.4 is 5.32 Å². The summed E-state index contributed by atoms with van der Waals surface area (Å²) in [7, 11) is 0. The molecule has 0 heterocycles. The summed E-state index contributed by atoms with van der Waals surface area (Å²) in [5.74, 6) is 0.991. The van der Waals surface area contributed by atoms with Crippen LogP contribution in [0.2, 0.25) is 5.02 Å². The summed E-state index contributed by atoms with van der Waals surface area (Å²) < 4.78 is 0. The molecule has 0 aromatic heterocycles. The van der Waals surface area contributed by atoms with Gasteiger partial charge in [0.1, 0.15) is 0 Å². The minimum absolute atomic E-state index is 0.0308. The lowest BCUT2D eigenvalue weighted by Crippen LogP contribution is -2.37. The van der Waals surface area contributed by atoms with Crippen molar-refractivity contribution in [3.05, 3.63) is 34.3 Å². The highest BCUT2D eigenvalue weighted by molar-refractivity contribution is 6.31. The number of carbonyl (C=O) groups excluding carboxylic acids is 1. The molecular formula is C14H17Cl2NO. The molecule has 2 nitrogen and oxygen atoms in total. The lowest BCUT2D eigenvalue weighted by Gasteiger charge is -2.19. The summed E-state index contributed by atoms with van der Waals surface area (Å²) in [4.78, 5) is 12.1. The molecule has 0 bridgehead atoms. The lowest BCUT2D eigenvalue weighted by molar-refractivity contribution is 0.0930. The number of rotatable bonds is 3. The van der Waals surface area contributed by atoms with E-state index in [1.165, 1.54) is 0 Å². The van der Waals surface area contributed by atoms with Gasteiger partial charge in [-0.2, -0.15) is 0 Å². The van der Waals surface area contributed by atoms with Gasteiger partial charge in [0.05, 0.1) is 0 Å². The van der Waals surface area contributed by atoms with Gasteiger partial charge in [-0.15, -0.1) is 11.6 Å². The first-order valence-corrected chi connectivity index (χ1v) is 7.16. The van der Waals surface area contributed by atoms with Crippen LogP contribution in [0.25, 0.3) is 0 Å². The van der Waals surface area contributed by atoms with E-state index in [1.54, 1.807) is 12.1 Å². The van der Waals surface area contributed by atoms with Gasteiger partial charge in [0.2, 0.25) is 0 Å². The second-order valence-electron chi connectivity index (χ2n) is 4.89. The topological polar surface area (TPSA) is 29.1 Å². The standard InChI is InChI=1S/C14H17Cl2NO/c1-9-7-10(5-6-12(9)16)14(18)17-13-4-2-3-11(13)8-15/h5-7,11,13H,2-4,8H2,1H3,(H,17,18). The molecule has 2 atom stereocenters. The number of halogens is 2. The summed E-state index contributed by atoms with van der Waals surface area (Å²) >= 11 is 11.9. The van der Waals surface area contributed by atoms with Gasteiger partial charge >= 0.3 is 0 Å². The Hall–Kier alpha value is -0.730. The van der Waals surface area contributed by atoms with Crippen LogP contribution in [0.5, 0.6) is 0 Å². The van der Waals surface area contributed by atoms with E-state index in [0.29, 0.717) is 22.4 Å². The molecule has 2 unspecified atom stereocenters. The highest BCUT2D eigenvalue weighted by Gasteiger charge is 2.27. The number of hydrogen-bond acceptors (Lipinski definition) is 1. The summed E-state index contributed by atoms with van der Waals surface area (Å²) in [6, 6.07) is 5.56. The number of alkyl halides is 1. The Morgan fingerprint density at radius 3 is 2.89 bits per heavy atom. The molecule has 0 saturated heterocycles. The maximum atomic E-state index is 12.1. The first-order valence-electron chi connectivity index (χ1n) is 6.25. The van der Waals surface area contributed by atoms with E-state index in [9.17, 15) is 4.79 Å². The van der Waals surface area contributed by atoms with E-state index < -0.39 is 0 Å². The molecule has 0 radical (unpaired) electrons. The smallest absolute Gasteiger partial charge is 0.251 e. The van der Waals surface area contributed by atoms with Crippen molar-refractivity contribution >= 4 is 29.1 Å². The van der Waals surface area contributed by atoms with Gasteiger partial charge in [-0.1, -0.05) is 18.0 Å². The molecule has 0 aliphatic heterocycles. The van der Waals surface area contributed by atoms with E-state index in [1.807, 2.05) is 13.0 Å². The zero-order valence-electron chi connectivity index (χ0n) is 10.4. The largest absolute Gasteiger partial charge is 0.349 e. The molecule has 1 fully saturated rings.